The average molecular weight is 507 g/mol. The van der Waals surface area contributed by atoms with E-state index >= 15 is 0 Å². The van der Waals surface area contributed by atoms with E-state index in [0.717, 1.165) is 11.1 Å². The monoisotopic (exact) mass is 506 g/mol. The first-order valence-electron chi connectivity index (χ1n) is 11.2. The van der Waals surface area contributed by atoms with E-state index in [-0.39, 0.29) is 12.5 Å². The van der Waals surface area contributed by atoms with Crippen molar-refractivity contribution in [2.24, 2.45) is 0 Å². The maximum atomic E-state index is 13.6. The number of amides is 2. The van der Waals surface area contributed by atoms with Crippen LogP contribution in [0.4, 0.5) is 4.39 Å². The molecule has 0 saturated heterocycles. The second kappa shape index (κ2) is 12.9. The number of nitrogens with one attached hydrogen (secondary N) is 2. The molecule has 3 rings (SSSR count). The van der Waals surface area contributed by atoms with Gasteiger partial charge in [-0.3, -0.25) is 14.8 Å². The van der Waals surface area contributed by atoms with Gasteiger partial charge in [-0.05, 0) is 58.7 Å². The first kappa shape index (κ1) is 27.0. The summed E-state index contributed by atoms with van der Waals surface area (Å²) in [6.45, 7) is 0.230. The highest BCUT2D eigenvalue weighted by Crippen LogP contribution is 2.39. The molecule has 0 radical (unpaired) electrons. The van der Waals surface area contributed by atoms with Gasteiger partial charge in [-0.1, -0.05) is 36.4 Å². The van der Waals surface area contributed by atoms with E-state index in [9.17, 15) is 14.0 Å². The molecule has 3 aromatic carbocycles. The number of ether oxygens (including phenoxy) is 3. The van der Waals surface area contributed by atoms with E-state index in [0.29, 0.717) is 33.9 Å². The molecule has 0 heterocycles. The predicted molar refractivity (Wildman–Crippen MR) is 138 cm³/mol. The van der Waals surface area contributed by atoms with Crippen LogP contribution in [0.25, 0.3) is 17.7 Å². The van der Waals surface area contributed by atoms with Crippen molar-refractivity contribution in [2.45, 2.75) is 6.54 Å². The number of carbonyl (C=O) groups is 2. The number of methoxy groups -OCH3 is 3. The molecule has 0 spiro atoms. The van der Waals surface area contributed by atoms with Crippen molar-refractivity contribution in [1.29, 1.82) is 0 Å². The van der Waals surface area contributed by atoms with Gasteiger partial charge in [-0.25, -0.2) is 9.87 Å². The summed E-state index contributed by atoms with van der Waals surface area (Å²) in [5.74, 6) is -0.144. The van der Waals surface area contributed by atoms with Crippen molar-refractivity contribution in [3.05, 3.63) is 94.8 Å². The van der Waals surface area contributed by atoms with Gasteiger partial charge in [-0.2, -0.15) is 0 Å². The fourth-order valence-electron chi connectivity index (χ4n) is 3.49. The average Bonchev–Trinajstić information content (AvgIpc) is 2.93. The third-order valence-electron chi connectivity index (χ3n) is 5.37. The van der Waals surface area contributed by atoms with Crippen LogP contribution in [0.1, 0.15) is 22.3 Å². The molecule has 37 heavy (non-hydrogen) atoms. The Labute approximate surface area is 213 Å². The van der Waals surface area contributed by atoms with Crippen molar-refractivity contribution in [3.63, 3.8) is 0 Å². The van der Waals surface area contributed by atoms with Crippen LogP contribution in [0.2, 0.25) is 0 Å². The highest BCUT2D eigenvalue weighted by Gasteiger charge is 2.16. The summed E-state index contributed by atoms with van der Waals surface area (Å²) >= 11 is 0. The Morgan fingerprint density at radius 2 is 1.51 bits per heavy atom. The number of hydrogen-bond donors (Lipinski definition) is 3. The number of hydroxylamine groups is 1. The van der Waals surface area contributed by atoms with Crippen molar-refractivity contribution in [3.8, 4) is 17.2 Å². The van der Waals surface area contributed by atoms with Gasteiger partial charge in [0.05, 0.1) is 21.3 Å². The Morgan fingerprint density at radius 3 is 2.05 bits per heavy atom. The molecule has 9 heteroatoms. The predicted octanol–water partition coefficient (Wildman–Crippen LogP) is 4.23. The minimum atomic E-state index is -0.636. The zero-order chi connectivity index (χ0) is 26.8. The molecule has 3 N–H and O–H groups in total. The second-order valence-electron chi connectivity index (χ2n) is 7.76. The standard InChI is InChI=1S/C28H27FN2O6/c1-35-24-15-20(16-25(36-2)27(24)37-3)14-23(21-9-11-22(29)12-10-21)28(33)30-17-19-6-4-18(5-7-19)8-13-26(32)31-34/h4-16,34H,17H2,1-3H3,(H,30,33)(H,31,32). The molecule has 0 aliphatic heterocycles. The van der Waals surface area contributed by atoms with Crippen molar-refractivity contribution in [1.82, 2.24) is 10.8 Å². The topological polar surface area (TPSA) is 106 Å². The summed E-state index contributed by atoms with van der Waals surface area (Å²) in [7, 11) is 4.50. The molecule has 8 nitrogen and oxygen atoms in total. The third kappa shape index (κ3) is 7.18. The number of rotatable bonds is 10. The van der Waals surface area contributed by atoms with Gasteiger partial charge in [-0.15, -0.1) is 0 Å². The molecule has 2 amide bonds. The normalized spacial score (nSPS) is 11.2. The Balaban J connectivity index is 1.88. The van der Waals surface area contributed by atoms with Gasteiger partial charge in [0.1, 0.15) is 5.82 Å². The van der Waals surface area contributed by atoms with Crippen LogP contribution < -0.4 is 25.0 Å². The van der Waals surface area contributed by atoms with Gasteiger partial charge in [0.25, 0.3) is 11.8 Å². The first-order valence-corrected chi connectivity index (χ1v) is 11.2. The second-order valence-corrected chi connectivity index (χ2v) is 7.76. The van der Waals surface area contributed by atoms with Crippen LogP contribution in [-0.2, 0) is 16.1 Å². The first-order chi connectivity index (χ1) is 17.9. The fourth-order valence-corrected chi connectivity index (χ4v) is 3.49. The molecular formula is C28H27FN2O6. The molecule has 3 aromatic rings. The summed E-state index contributed by atoms with van der Waals surface area (Å²) in [4.78, 5) is 24.4. The molecule has 192 valence electrons. The van der Waals surface area contributed by atoms with Crippen LogP contribution in [0.15, 0.2) is 66.7 Å². The van der Waals surface area contributed by atoms with E-state index in [2.05, 4.69) is 5.32 Å². The lowest BCUT2D eigenvalue weighted by Gasteiger charge is -2.14. The third-order valence-corrected chi connectivity index (χ3v) is 5.37. The summed E-state index contributed by atoms with van der Waals surface area (Å²) in [6, 6.07) is 16.2. The lowest BCUT2D eigenvalue weighted by molar-refractivity contribution is -0.124. The molecule has 0 saturated carbocycles. The number of hydrogen-bond acceptors (Lipinski definition) is 6. The summed E-state index contributed by atoms with van der Waals surface area (Å²) in [5.41, 5.74) is 4.54. The van der Waals surface area contributed by atoms with Crippen LogP contribution in [0.3, 0.4) is 0 Å². The summed E-state index contributed by atoms with van der Waals surface area (Å²) in [5, 5.41) is 11.4. The van der Waals surface area contributed by atoms with E-state index < -0.39 is 11.7 Å². The Morgan fingerprint density at radius 1 is 0.892 bits per heavy atom. The Bertz CT molecular complexity index is 1280. The van der Waals surface area contributed by atoms with E-state index in [1.165, 1.54) is 57.2 Å². The van der Waals surface area contributed by atoms with Gasteiger partial charge in [0, 0.05) is 18.2 Å². The Hall–Kier alpha value is -4.63. The minimum Gasteiger partial charge on any atom is -0.493 e. The van der Waals surface area contributed by atoms with Crippen LogP contribution in [-0.4, -0.2) is 38.4 Å². The van der Waals surface area contributed by atoms with Crippen molar-refractivity contribution >= 4 is 29.5 Å². The van der Waals surface area contributed by atoms with Gasteiger partial charge >= 0.3 is 0 Å². The lowest BCUT2D eigenvalue weighted by atomic mass is 10.0. The zero-order valence-electron chi connectivity index (χ0n) is 20.6. The van der Waals surface area contributed by atoms with E-state index in [4.69, 9.17) is 19.4 Å². The van der Waals surface area contributed by atoms with E-state index in [1.807, 2.05) is 0 Å². The van der Waals surface area contributed by atoms with Crippen LogP contribution >= 0.6 is 0 Å². The smallest absolute Gasteiger partial charge is 0.267 e. The van der Waals surface area contributed by atoms with Gasteiger partial charge in [0.15, 0.2) is 11.5 Å². The maximum absolute atomic E-state index is 13.6. The maximum Gasteiger partial charge on any atom is 0.267 e. The van der Waals surface area contributed by atoms with Crippen LogP contribution in [0, 0.1) is 5.82 Å². The SMILES string of the molecule is COc1cc(C=C(C(=O)NCc2ccc(C=CC(=O)NO)cc2)c2ccc(F)cc2)cc(OC)c1OC. The molecular weight excluding hydrogens is 479 g/mol. The molecule has 0 aliphatic carbocycles. The van der Waals surface area contributed by atoms with Crippen LogP contribution in [0.5, 0.6) is 17.2 Å². The lowest BCUT2D eigenvalue weighted by Crippen LogP contribution is -2.23. The molecule has 0 bridgehead atoms. The van der Waals surface area contributed by atoms with Gasteiger partial charge in [0.2, 0.25) is 5.75 Å². The number of benzene rings is 3. The highest BCUT2D eigenvalue weighted by molar-refractivity contribution is 6.24. The van der Waals surface area contributed by atoms with Gasteiger partial charge < -0.3 is 19.5 Å². The summed E-state index contributed by atoms with van der Waals surface area (Å²) < 4.78 is 29.8. The summed E-state index contributed by atoms with van der Waals surface area (Å²) in [6.07, 6.45) is 4.40. The molecule has 0 fully saturated rings. The molecule has 0 aromatic heterocycles. The highest BCUT2D eigenvalue weighted by atomic mass is 19.1. The Kier molecular flexibility index (Phi) is 9.40. The van der Waals surface area contributed by atoms with Crippen molar-refractivity contribution in [2.75, 3.05) is 21.3 Å². The van der Waals surface area contributed by atoms with Crippen molar-refractivity contribution < 1.29 is 33.4 Å². The molecule has 0 aliphatic rings. The largest absolute Gasteiger partial charge is 0.493 e. The number of halogens is 1. The molecule has 0 unspecified atom stereocenters. The molecule has 0 atom stereocenters. The fraction of sp³-hybridized carbons (Fsp3) is 0.143. The zero-order valence-corrected chi connectivity index (χ0v) is 20.6. The number of carbonyl (C=O) groups excluding carboxylic acids is 2. The quantitative estimate of drug-likeness (QED) is 0.165. The minimum absolute atomic E-state index is 0.230. The van der Waals surface area contributed by atoms with E-state index in [1.54, 1.807) is 48.6 Å².